The second-order valence-electron chi connectivity index (χ2n) is 4.22. The van der Waals surface area contributed by atoms with Crippen LogP contribution in [0.15, 0.2) is 5.57 Å². The van der Waals surface area contributed by atoms with Crippen LogP contribution in [0.5, 0.6) is 0 Å². The van der Waals surface area contributed by atoms with Crippen molar-refractivity contribution in [3.8, 4) is 6.07 Å². The Balaban J connectivity index is 2.57. The molecule has 5 nitrogen and oxygen atoms in total. The van der Waals surface area contributed by atoms with Gasteiger partial charge in [0, 0.05) is 18.3 Å². The van der Waals surface area contributed by atoms with Gasteiger partial charge in [0.25, 0.3) is 0 Å². The molecular formula is C13H15N3O2. The van der Waals surface area contributed by atoms with E-state index in [1.54, 1.807) is 11.6 Å². The zero-order valence-corrected chi connectivity index (χ0v) is 10.8. The number of aryl methyl sites for hydroxylation is 2. The maximum Gasteiger partial charge on any atom is 0.335 e. The predicted octanol–water partition coefficient (Wildman–Crippen LogP) is 1.52. The minimum Gasteiger partial charge on any atom is -0.463 e. The summed E-state index contributed by atoms with van der Waals surface area (Å²) in [6.45, 7) is 3.93. The van der Waals surface area contributed by atoms with Crippen molar-refractivity contribution < 1.29 is 9.53 Å². The summed E-state index contributed by atoms with van der Waals surface area (Å²) < 4.78 is 6.78. The summed E-state index contributed by atoms with van der Waals surface area (Å²) in [7, 11) is 1.86. The third-order valence-electron chi connectivity index (χ3n) is 3.14. The number of nitriles is 1. The number of fused-ring (bicyclic) bond motifs is 1. The molecule has 0 radical (unpaired) electrons. The van der Waals surface area contributed by atoms with Crippen molar-refractivity contribution in [3.05, 3.63) is 22.5 Å². The first-order valence-corrected chi connectivity index (χ1v) is 5.93. The highest BCUT2D eigenvalue weighted by molar-refractivity contribution is 6.02. The number of rotatable bonds is 2. The van der Waals surface area contributed by atoms with E-state index < -0.39 is 0 Å². The molecule has 0 aliphatic heterocycles. The second-order valence-corrected chi connectivity index (χ2v) is 4.22. The lowest BCUT2D eigenvalue weighted by atomic mass is 9.89. The van der Waals surface area contributed by atoms with Gasteiger partial charge >= 0.3 is 5.97 Å². The molecule has 1 aromatic rings. The zero-order valence-electron chi connectivity index (χ0n) is 10.8. The van der Waals surface area contributed by atoms with Gasteiger partial charge in [0.1, 0.15) is 6.07 Å². The van der Waals surface area contributed by atoms with E-state index in [1.165, 1.54) is 0 Å². The van der Waals surface area contributed by atoms with Crippen LogP contribution in [0.25, 0.3) is 5.57 Å². The van der Waals surface area contributed by atoms with Crippen LogP contribution >= 0.6 is 0 Å². The van der Waals surface area contributed by atoms with Gasteiger partial charge in [-0.1, -0.05) is 0 Å². The molecule has 0 amide bonds. The molecule has 1 heterocycles. The number of carbonyl (C=O) groups is 1. The third-order valence-corrected chi connectivity index (χ3v) is 3.14. The van der Waals surface area contributed by atoms with E-state index in [0.717, 1.165) is 17.0 Å². The Kier molecular flexibility index (Phi) is 3.19. The van der Waals surface area contributed by atoms with Crippen LogP contribution in [0.1, 0.15) is 30.3 Å². The Morgan fingerprint density at radius 3 is 2.89 bits per heavy atom. The highest BCUT2D eigenvalue weighted by Crippen LogP contribution is 2.33. The van der Waals surface area contributed by atoms with E-state index >= 15 is 0 Å². The quantitative estimate of drug-likeness (QED) is 0.741. The molecular weight excluding hydrogens is 230 g/mol. The standard InChI is InChI=1S/C13H15N3O2/c1-4-18-13(17)9-5-6-11-12(10(9)7-14)8(2)15-16(11)3/h4-6H2,1-3H3. The van der Waals surface area contributed by atoms with Crippen molar-refractivity contribution in [3.63, 3.8) is 0 Å². The predicted molar refractivity (Wildman–Crippen MR) is 65.4 cm³/mol. The summed E-state index contributed by atoms with van der Waals surface area (Å²) in [5, 5.41) is 13.6. The van der Waals surface area contributed by atoms with Crippen LogP contribution in [0.2, 0.25) is 0 Å². The smallest absolute Gasteiger partial charge is 0.335 e. The monoisotopic (exact) mass is 245 g/mol. The van der Waals surface area contributed by atoms with E-state index in [-0.39, 0.29) is 5.97 Å². The van der Waals surface area contributed by atoms with Crippen LogP contribution in [-0.4, -0.2) is 22.4 Å². The van der Waals surface area contributed by atoms with Gasteiger partial charge in [-0.05, 0) is 26.7 Å². The molecule has 0 atom stereocenters. The van der Waals surface area contributed by atoms with Gasteiger partial charge in [-0.25, -0.2) is 4.79 Å². The Morgan fingerprint density at radius 1 is 1.56 bits per heavy atom. The lowest BCUT2D eigenvalue weighted by Crippen LogP contribution is -2.15. The maximum atomic E-state index is 11.8. The van der Waals surface area contributed by atoms with Gasteiger partial charge in [-0.2, -0.15) is 10.4 Å². The number of allylic oxidation sites excluding steroid dienone is 1. The highest BCUT2D eigenvalue weighted by atomic mass is 16.5. The molecule has 0 aromatic carbocycles. The Morgan fingerprint density at radius 2 is 2.28 bits per heavy atom. The molecule has 18 heavy (non-hydrogen) atoms. The fraction of sp³-hybridized carbons (Fsp3) is 0.462. The number of ether oxygens (including phenoxy) is 1. The van der Waals surface area contributed by atoms with E-state index in [4.69, 9.17) is 4.74 Å². The molecule has 0 unspecified atom stereocenters. The molecule has 5 heteroatoms. The first-order valence-electron chi connectivity index (χ1n) is 5.93. The van der Waals surface area contributed by atoms with Gasteiger partial charge < -0.3 is 4.74 Å². The minimum absolute atomic E-state index is 0.319. The second kappa shape index (κ2) is 4.65. The van der Waals surface area contributed by atoms with Crippen molar-refractivity contribution in [1.29, 1.82) is 5.26 Å². The van der Waals surface area contributed by atoms with E-state index in [9.17, 15) is 10.1 Å². The summed E-state index contributed by atoms with van der Waals surface area (Å²) >= 11 is 0. The topological polar surface area (TPSA) is 67.9 Å². The number of carbonyl (C=O) groups excluding carboxylic acids is 1. The lowest BCUT2D eigenvalue weighted by molar-refractivity contribution is -0.138. The number of aromatic nitrogens is 2. The van der Waals surface area contributed by atoms with Crippen LogP contribution in [0.4, 0.5) is 0 Å². The van der Waals surface area contributed by atoms with Crippen molar-refractivity contribution in [1.82, 2.24) is 9.78 Å². The molecule has 1 aromatic heterocycles. The molecule has 94 valence electrons. The van der Waals surface area contributed by atoms with Gasteiger partial charge in [0.05, 0.1) is 23.4 Å². The fourth-order valence-electron chi connectivity index (χ4n) is 2.38. The maximum absolute atomic E-state index is 11.8. The molecule has 0 saturated heterocycles. The van der Waals surface area contributed by atoms with Gasteiger partial charge in [0.15, 0.2) is 0 Å². The molecule has 0 spiro atoms. The van der Waals surface area contributed by atoms with E-state index in [2.05, 4.69) is 11.2 Å². The van der Waals surface area contributed by atoms with Crippen molar-refractivity contribution in [2.45, 2.75) is 26.7 Å². The van der Waals surface area contributed by atoms with E-state index in [1.807, 2.05) is 14.0 Å². The first kappa shape index (κ1) is 12.4. The Hall–Kier alpha value is -2.09. The lowest BCUT2D eigenvalue weighted by Gasteiger charge is -2.16. The molecule has 0 saturated carbocycles. The highest BCUT2D eigenvalue weighted by Gasteiger charge is 2.28. The summed E-state index contributed by atoms with van der Waals surface area (Å²) in [4.78, 5) is 11.8. The summed E-state index contributed by atoms with van der Waals surface area (Å²) in [6, 6.07) is 2.13. The molecule has 0 fully saturated rings. The van der Waals surface area contributed by atoms with Crippen molar-refractivity contribution in [2.75, 3.05) is 6.61 Å². The van der Waals surface area contributed by atoms with Crippen LogP contribution in [0, 0.1) is 18.3 Å². The van der Waals surface area contributed by atoms with Gasteiger partial charge in [-0.15, -0.1) is 0 Å². The molecule has 0 N–H and O–H groups in total. The van der Waals surface area contributed by atoms with Gasteiger partial charge in [0.2, 0.25) is 0 Å². The summed E-state index contributed by atoms with van der Waals surface area (Å²) in [5.41, 5.74) is 3.49. The van der Waals surface area contributed by atoms with E-state index in [0.29, 0.717) is 30.6 Å². The number of esters is 1. The number of hydrogen-bond donors (Lipinski definition) is 0. The Bertz CT molecular complexity index is 576. The average Bonchev–Trinajstić information content (AvgIpc) is 2.64. The minimum atomic E-state index is -0.386. The van der Waals surface area contributed by atoms with Crippen LogP contribution < -0.4 is 0 Å². The molecule has 1 aliphatic carbocycles. The normalized spacial score (nSPS) is 14.1. The van der Waals surface area contributed by atoms with Gasteiger partial charge in [-0.3, -0.25) is 4.68 Å². The van der Waals surface area contributed by atoms with Crippen molar-refractivity contribution in [2.24, 2.45) is 7.05 Å². The number of hydrogen-bond acceptors (Lipinski definition) is 4. The van der Waals surface area contributed by atoms with Crippen molar-refractivity contribution >= 4 is 11.5 Å². The largest absolute Gasteiger partial charge is 0.463 e. The SMILES string of the molecule is CCOC(=O)C1=C(C#N)c2c(C)nn(C)c2CC1. The zero-order chi connectivity index (χ0) is 13.3. The number of nitrogens with zero attached hydrogens (tertiary/aromatic N) is 3. The summed E-state index contributed by atoms with van der Waals surface area (Å²) in [6.07, 6.45) is 1.25. The molecule has 2 rings (SSSR count). The first-order chi connectivity index (χ1) is 8.60. The van der Waals surface area contributed by atoms with Crippen LogP contribution in [0.3, 0.4) is 0 Å². The molecule has 0 bridgehead atoms. The fourth-order valence-corrected chi connectivity index (χ4v) is 2.38. The van der Waals surface area contributed by atoms with Crippen LogP contribution in [-0.2, 0) is 23.0 Å². The Labute approximate surface area is 106 Å². The summed E-state index contributed by atoms with van der Waals surface area (Å²) in [5.74, 6) is -0.386. The molecule has 1 aliphatic rings. The third kappa shape index (κ3) is 1.80. The average molecular weight is 245 g/mol.